The van der Waals surface area contributed by atoms with E-state index in [2.05, 4.69) is 127 Å². The molecule has 3 aliphatic carbocycles. The zero-order valence-corrected chi connectivity index (χ0v) is 28.5. The average molecular weight is 783 g/mol. The summed E-state index contributed by atoms with van der Waals surface area (Å²) in [5, 5.41) is 2.28. The number of rotatable bonds is 5. The maximum Gasteiger partial charge on any atom is 0.135 e. The molecule has 0 radical (unpaired) electrons. The summed E-state index contributed by atoms with van der Waals surface area (Å²) >= 11 is 0. The molecule has 4 aromatic carbocycles. The first-order chi connectivity index (χ1) is 21.9. The number of nitrogens with zero attached hydrogens (tertiary/aromatic N) is 4. The number of hydrogen-bond donors (Lipinski definition) is 0. The van der Waals surface area contributed by atoms with Crippen LogP contribution in [-0.2, 0) is 26.5 Å². The van der Waals surface area contributed by atoms with Crippen molar-refractivity contribution in [2.45, 2.75) is 51.5 Å². The van der Waals surface area contributed by atoms with Gasteiger partial charge < -0.3 is 19.1 Å². The Hall–Kier alpha value is -4.08. The molecule has 3 saturated carbocycles. The molecule has 10 rings (SSSR count). The molecular weight excluding hydrogens is 748 g/mol. The maximum atomic E-state index is 6.49. The molecule has 46 heavy (non-hydrogen) atoms. The van der Waals surface area contributed by atoms with Crippen LogP contribution in [0, 0.1) is 30.6 Å². The first-order valence-corrected chi connectivity index (χ1v) is 16.1. The van der Waals surface area contributed by atoms with Crippen LogP contribution >= 0.6 is 0 Å². The Labute approximate surface area is 285 Å². The summed E-state index contributed by atoms with van der Waals surface area (Å²) in [6, 6.07) is 39.5. The Balaban J connectivity index is 0.00000312. The van der Waals surface area contributed by atoms with Crippen LogP contribution in [0.5, 0.6) is 11.5 Å². The summed E-state index contributed by atoms with van der Waals surface area (Å²) in [4.78, 5) is 9.59. The fraction of sp³-hybridized carbons (Fsp3) is 0.250. The number of hydrogen-bond acceptors (Lipinski definition) is 4. The Morgan fingerprint density at radius 2 is 1.57 bits per heavy atom. The van der Waals surface area contributed by atoms with E-state index >= 15 is 0 Å². The topological polar surface area (TPSA) is 33.5 Å². The Kier molecular flexibility index (Phi) is 7.03. The van der Waals surface area contributed by atoms with E-state index < -0.39 is 0 Å². The van der Waals surface area contributed by atoms with Crippen LogP contribution in [0.3, 0.4) is 0 Å². The van der Waals surface area contributed by atoms with Crippen molar-refractivity contribution in [2.75, 3.05) is 9.80 Å². The summed E-state index contributed by atoms with van der Waals surface area (Å²) in [7, 11) is 0. The van der Waals surface area contributed by atoms with Gasteiger partial charge in [0.25, 0.3) is 0 Å². The van der Waals surface area contributed by atoms with Crippen molar-refractivity contribution in [3.63, 3.8) is 0 Å². The minimum atomic E-state index is 0. The van der Waals surface area contributed by atoms with Crippen molar-refractivity contribution < 1.29 is 25.8 Å². The number of fused-ring (bicyclic) bond motifs is 5. The van der Waals surface area contributed by atoms with E-state index in [-0.39, 0.29) is 26.5 Å². The molecule has 2 bridgehead atoms. The third kappa shape index (κ3) is 4.66. The minimum Gasteiger partial charge on any atom is -0.509 e. The summed E-state index contributed by atoms with van der Waals surface area (Å²) in [5.41, 5.74) is 6.73. The number of anilines is 3. The number of para-hydroxylation sites is 3. The van der Waals surface area contributed by atoms with E-state index in [1.54, 1.807) is 0 Å². The molecule has 6 aromatic rings. The van der Waals surface area contributed by atoms with Crippen LogP contribution < -0.4 is 14.5 Å². The predicted molar refractivity (Wildman–Crippen MR) is 181 cm³/mol. The molecule has 3 fully saturated rings. The molecule has 0 amide bonds. The van der Waals surface area contributed by atoms with Gasteiger partial charge in [-0.15, -0.1) is 41.4 Å². The van der Waals surface area contributed by atoms with Gasteiger partial charge in [0.15, 0.2) is 0 Å². The summed E-state index contributed by atoms with van der Waals surface area (Å²) in [6.07, 6.45) is 6.00. The molecule has 2 unspecified atom stereocenters. The standard InChI is InChI=1S/C40H35N4O.Pt/c1-40(2,3)28-19-20-41-38(22-28)44-34-12-5-4-11-32(34)33-18-17-31(24-37(33)44)45-30-10-8-9-29(23-30)42-25-43(36-14-7-6-13-35(36)42)39-26-15-16-27(39)21-26;/h4-14,17-20,22,25-27,39H,15-16,21H2,1-3H3;/q-3;. The molecule has 1 aliphatic heterocycles. The van der Waals surface area contributed by atoms with Crippen molar-refractivity contribution in [2.24, 2.45) is 11.8 Å². The van der Waals surface area contributed by atoms with Crippen LogP contribution in [0.4, 0.5) is 17.1 Å². The SMILES string of the molecule is CC(C)(C)c1ccnc(-n2c3[c-]c(Oc4[c-]c(N5[CH-]N(C6C7CCC6C7)c6ccccc65)ccc4)ccc3c3ccccc32)c1.[Pt]. The van der Waals surface area contributed by atoms with Crippen LogP contribution in [0.1, 0.15) is 45.6 Å². The number of ether oxygens (including phenoxy) is 1. The fourth-order valence-electron chi connectivity index (χ4n) is 7.81. The predicted octanol–water partition coefficient (Wildman–Crippen LogP) is 9.74. The summed E-state index contributed by atoms with van der Waals surface area (Å²) in [5.74, 6) is 3.80. The number of aromatic nitrogens is 2. The van der Waals surface area contributed by atoms with E-state index in [0.29, 0.717) is 17.5 Å². The Morgan fingerprint density at radius 3 is 2.37 bits per heavy atom. The van der Waals surface area contributed by atoms with E-state index in [9.17, 15) is 0 Å². The van der Waals surface area contributed by atoms with Gasteiger partial charge in [-0.25, -0.2) is 4.98 Å². The summed E-state index contributed by atoms with van der Waals surface area (Å²) in [6.45, 7) is 8.97. The molecule has 0 saturated heterocycles. The summed E-state index contributed by atoms with van der Waals surface area (Å²) < 4.78 is 8.69. The molecule has 0 spiro atoms. The smallest absolute Gasteiger partial charge is 0.135 e. The zero-order valence-electron chi connectivity index (χ0n) is 26.2. The van der Waals surface area contributed by atoms with Crippen molar-refractivity contribution in [3.05, 3.63) is 122 Å². The van der Waals surface area contributed by atoms with E-state index in [0.717, 1.165) is 39.8 Å². The second-order valence-electron chi connectivity index (χ2n) is 13.8. The Bertz CT molecular complexity index is 2080. The van der Waals surface area contributed by atoms with Gasteiger partial charge in [0.2, 0.25) is 0 Å². The van der Waals surface area contributed by atoms with Crippen LogP contribution in [0.25, 0.3) is 27.6 Å². The van der Waals surface area contributed by atoms with Gasteiger partial charge in [0.1, 0.15) is 5.82 Å². The van der Waals surface area contributed by atoms with Gasteiger partial charge in [0, 0.05) is 61.7 Å². The molecule has 0 N–H and O–H groups in total. The average Bonchev–Trinajstić information content (AvgIpc) is 3.83. The molecule has 3 heterocycles. The molecule has 234 valence electrons. The van der Waals surface area contributed by atoms with E-state index in [1.807, 2.05) is 24.4 Å². The molecule has 5 nitrogen and oxygen atoms in total. The van der Waals surface area contributed by atoms with Gasteiger partial charge in [-0.2, -0.15) is 18.8 Å². The van der Waals surface area contributed by atoms with Gasteiger partial charge in [-0.3, -0.25) is 0 Å². The maximum absolute atomic E-state index is 6.49. The Morgan fingerprint density at radius 1 is 0.804 bits per heavy atom. The second-order valence-corrected chi connectivity index (χ2v) is 13.8. The van der Waals surface area contributed by atoms with Crippen molar-refractivity contribution in [1.29, 1.82) is 0 Å². The van der Waals surface area contributed by atoms with Crippen molar-refractivity contribution in [1.82, 2.24) is 9.55 Å². The van der Waals surface area contributed by atoms with Gasteiger partial charge in [-0.1, -0.05) is 56.6 Å². The largest absolute Gasteiger partial charge is 0.509 e. The quantitative estimate of drug-likeness (QED) is 0.163. The third-order valence-electron chi connectivity index (χ3n) is 10.1. The molecule has 6 heteroatoms. The van der Waals surface area contributed by atoms with Gasteiger partial charge in [0.05, 0.1) is 0 Å². The van der Waals surface area contributed by atoms with E-state index in [1.165, 1.54) is 41.6 Å². The van der Waals surface area contributed by atoms with E-state index in [4.69, 9.17) is 9.72 Å². The number of benzene rings is 4. The zero-order chi connectivity index (χ0) is 30.3. The van der Waals surface area contributed by atoms with Crippen molar-refractivity contribution in [3.8, 4) is 17.3 Å². The minimum absolute atomic E-state index is 0. The molecule has 2 atom stereocenters. The molecular formula is C40H35N4OPt-3. The molecule has 2 aromatic heterocycles. The van der Waals surface area contributed by atoms with Crippen LogP contribution in [-0.4, -0.2) is 15.6 Å². The van der Waals surface area contributed by atoms with Crippen LogP contribution in [0.2, 0.25) is 0 Å². The molecule has 4 aliphatic rings. The van der Waals surface area contributed by atoms with Gasteiger partial charge >= 0.3 is 0 Å². The number of pyridine rings is 1. The second kappa shape index (κ2) is 11.0. The third-order valence-corrected chi connectivity index (χ3v) is 10.1. The first-order valence-electron chi connectivity index (χ1n) is 16.1. The first kappa shape index (κ1) is 29.3. The van der Waals surface area contributed by atoms with Crippen molar-refractivity contribution >= 4 is 38.9 Å². The van der Waals surface area contributed by atoms with Gasteiger partial charge in [-0.05, 0) is 77.8 Å². The normalized spacial score (nSPS) is 20.1. The van der Waals surface area contributed by atoms with Crippen LogP contribution in [0.15, 0.2) is 97.2 Å². The monoisotopic (exact) mass is 782 g/mol. The fourth-order valence-corrected chi connectivity index (χ4v) is 7.81.